The van der Waals surface area contributed by atoms with Crippen LogP contribution in [0.2, 0.25) is 0 Å². The lowest BCUT2D eigenvalue weighted by atomic mass is 9.47. The van der Waals surface area contributed by atoms with E-state index in [0.717, 1.165) is 42.4 Å². The van der Waals surface area contributed by atoms with Crippen LogP contribution in [0.1, 0.15) is 114 Å². The number of allylic oxidation sites excluding steroid dienone is 3. The topological polar surface area (TPSA) is 26.3 Å². The molecule has 3 fully saturated rings. The van der Waals surface area contributed by atoms with E-state index in [1.165, 1.54) is 38.5 Å². The van der Waals surface area contributed by atoms with E-state index in [0.29, 0.717) is 22.7 Å². The highest BCUT2D eigenvalue weighted by Crippen LogP contribution is 2.67. The molecule has 4 rings (SSSR count). The molecule has 0 N–H and O–H groups in total. The second-order valence-electron chi connectivity index (χ2n) is 14.9. The van der Waals surface area contributed by atoms with Crippen molar-refractivity contribution in [3.8, 4) is 0 Å². The quantitative estimate of drug-likeness (QED) is 0.288. The minimum atomic E-state index is -0.418. The van der Waals surface area contributed by atoms with Gasteiger partial charge in [-0.1, -0.05) is 65.3 Å². The van der Waals surface area contributed by atoms with Crippen molar-refractivity contribution in [3.05, 3.63) is 23.8 Å². The fraction of sp³-hybridized carbons (Fsp3) is 0.848. The Morgan fingerprint density at radius 1 is 1.00 bits per heavy atom. The zero-order valence-corrected chi connectivity index (χ0v) is 24.3. The van der Waals surface area contributed by atoms with Crippen molar-refractivity contribution in [2.24, 2.45) is 57.7 Å². The molecule has 9 atom stereocenters. The summed E-state index contributed by atoms with van der Waals surface area (Å²) >= 11 is 0. The molecular weight excluding hydrogens is 428 g/mol. The fourth-order valence-electron chi connectivity index (χ4n) is 8.67. The Bertz CT molecular complexity index is 844. The van der Waals surface area contributed by atoms with Crippen molar-refractivity contribution in [1.82, 2.24) is 0 Å². The zero-order chi connectivity index (χ0) is 25.8. The molecule has 0 bridgehead atoms. The highest BCUT2D eigenvalue weighted by atomic mass is 16.5. The third-order valence-corrected chi connectivity index (χ3v) is 11.4. The molecule has 0 heterocycles. The average Bonchev–Trinajstić information content (AvgIpc) is 3.14. The largest absolute Gasteiger partial charge is 0.462 e. The molecule has 0 radical (unpaired) electrons. The summed E-state index contributed by atoms with van der Waals surface area (Å²) in [6.45, 7) is 20.6. The number of rotatable bonds is 5. The smallest absolute Gasteiger partial charge is 0.311 e. The Labute approximate surface area is 216 Å². The molecule has 4 aliphatic carbocycles. The predicted molar refractivity (Wildman–Crippen MR) is 147 cm³/mol. The van der Waals surface area contributed by atoms with Gasteiger partial charge in [-0.15, -0.1) is 0 Å². The molecular formula is C33H54O2. The summed E-state index contributed by atoms with van der Waals surface area (Å²) in [5.41, 5.74) is 1.99. The second-order valence-corrected chi connectivity index (χ2v) is 14.9. The maximum absolute atomic E-state index is 12.5. The van der Waals surface area contributed by atoms with Gasteiger partial charge in [-0.05, 0) is 118 Å². The van der Waals surface area contributed by atoms with Gasteiger partial charge in [0, 0.05) is 6.42 Å². The van der Waals surface area contributed by atoms with E-state index < -0.39 is 5.41 Å². The maximum Gasteiger partial charge on any atom is 0.311 e. The Morgan fingerprint density at radius 2 is 1.71 bits per heavy atom. The zero-order valence-electron chi connectivity index (χ0n) is 24.3. The van der Waals surface area contributed by atoms with E-state index >= 15 is 0 Å². The number of esters is 1. The van der Waals surface area contributed by atoms with Crippen LogP contribution in [0.5, 0.6) is 0 Å². The van der Waals surface area contributed by atoms with Gasteiger partial charge in [0.1, 0.15) is 6.10 Å². The number of hydrogen-bond donors (Lipinski definition) is 0. The van der Waals surface area contributed by atoms with Gasteiger partial charge in [0.2, 0.25) is 0 Å². The van der Waals surface area contributed by atoms with Crippen LogP contribution in [0.25, 0.3) is 0 Å². The first kappa shape index (κ1) is 27.0. The highest BCUT2D eigenvalue weighted by molar-refractivity contribution is 5.75. The minimum Gasteiger partial charge on any atom is -0.462 e. The lowest BCUT2D eigenvalue weighted by molar-refractivity contribution is -0.161. The summed E-state index contributed by atoms with van der Waals surface area (Å²) in [5.74, 6) is 5.37. The molecule has 0 aliphatic heterocycles. The highest BCUT2D eigenvalue weighted by Gasteiger charge is 2.59. The molecule has 1 unspecified atom stereocenters. The van der Waals surface area contributed by atoms with Gasteiger partial charge in [-0.25, -0.2) is 0 Å². The molecule has 2 nitrogen and oxygen atoms in total. The van der Waals surface area contributed by atoms with Crippen LogP contribution in [0.3, 0.4) is 0 Å². The summed E-state index contributed by atoms with van der Waals surface area (Å²) in [6.07, 6.45) is 17.8. The number of hydrogen-bond acceptors (Lipinski definition) is 2. The van der Waals surface area contributed by atoms with Crippen molar-refractivity contribution in [1.29, 1.82) is 0 Å². The van der Waals surface area contributed by atoms with Crippen LogP contribution >= 0.6 is 0 Å². The van der Waals surface area contributed by atoms with Gasteiger partial charge >= 0.3 is 5.97 Å². The first-order valence-electron chi connectivity index (χ1n) is 14.9. The Morgan fingerprint density at radius 3 is 2.37 bits per heavy atom. The number of carbonyl (C=O) groups is 1. The molecule has 0 spiro atoms. The van der Waals surface area contributed by atoms with Gasteiger partial charge in [0.05, 0.1) is 5.41 Å². The van der Waals surface area contributed by atoms with Gasteiger partial charge in [-0.2, -0.15) is 0 Å². The lowest BCUT2D eigenvalue weighted by Crippen LogP contribution is -2.51. The Balaban J connectivity index is 1.47. The van der Waals surface area contributed by atoms with Gasteiger partial charge < -0.3 is 4.74 Å². The normalized spacial score (nSPS) is 41.1. The molecule has 35 heavy (non-hydrogen) atoms. The lowest BCUT2D eigenvalue weighted by Gasteiger charge is -2.58. The van der Waals surface area contributed by atoms with Gasteiger partial charge in [0.15, 0.2) is 0 Å². The fourth-order valence-corrected chi connectivity index (χ4v) is 8.67. The Kier molecular flexibility index (Phi) is 7.47. The van der Waals surface area contributed by atoms with E-state index in [9.17, 15) is 4.79 Å². The number of carbonyl (C=O) groups excluding carboxylic acids is 1. The van der Waals surface area contributed by atoms with Crippen LogP contribution in [0, 0.1) is 57.7 Å². The summed E-state index contributed by atoms with van der Waals surface area (Å²) in [6, 6.07) is 0. The molecule has 0 amide bonds. The second kappa shape index (κ2) is 9.68. The first-order chi connectivity index (χ1) is 16.3. The van der Waals surface area contributed by atoms with Crippen molar-refractivity contribution in [2.75, 3.05) is 0 Å². The molecule has 2 heteroatoms. The van der Waals surface area contributed by atoms with E-state index in [4.69, 9.17) is 4.74 Å². The van der Waals surface area contributed by atoms with Crippen molar-refractivity contribution in [2.45, 2.75) is 120 Å². The van der Waals surface area contributed by atoms with Gasteiger partial charge in [0.25, 0.3) is 0 Å². The predicted octanol–water partition coefficient (Wildman–Crippen LogP) is 9.01. The van der Waals surface area contributed by atoms with Crippen molar-refractivity contribution in [3.63, 3.8) is 0 Å². The Hall–Kier alpha value is -1.05. The molecule has 0 aromatic heterocycles. The first-order valence-corrected chi connectivity index (χ1v) is 14.9. The van der Waals surface area contributed by atoms with Crippen molar-refractivity contribution < 1.29 is 9.53 Å². The van der Waals surface area contributed by atoms with Crippen molar-refractivity contribution >= 4 is 5.97 Å². The minimum absolute atomic E-state index is 0.0447. The molecule has 3 saturated carbocycles. The summed E-state index contributed by atoms with van der Waals surface area (Å²) in [5, 5.41) is 0. The van der Waals surface area contributed by atoms with Crippen LogP contribution in [0.15, 0.2) is 23.8 Å². The van der Waals surface area contributed by atoms with Crippen LogP contribution in [0.4, 0.5) is 0 Å². The number of fused-ring (bicyclic) bond motifs is 5. The van der Waals surface area contributed by atoms with Crippen LogP contribution in [-0.4, -0.2) is 12.1 Å². The number of ether oxygens (including phenoxy) is 1. The standard InChI is InChI=1S/C33H54O2/c1-21(2)22(3)10-11-23(4)27-14-15-28-26-13-12-24-20-25(35-30(34)31(5,6)7)16-18-32(24,8)29(26)17-19-33(27,28)9/h10-12,21-23,25-29H,13-20H2,1-9H3/b11-10+/t22-,23-,25?,26+,27-,28+,29+,32+,33-/m1/s1. The van der Waals surface area contributed by atoms with E-state index in [-0.39, 0.29) is 12.1 Å². The van der Waals surface area contributed by atoms with E-state index in [1.54, 1.807) is 5.57 Å². The molecule has 0 aromatic rings. The molecule has 4 aliphatic rings. The molecule has 0 aromatic carbocycles. The van der Waals surface area contributed by atoms with E-state index in [2.05, 4.69) is 59.8 Å². The maximum atomic E-state index is 12.5. The monoisotopic (exact) mass is 482 g/mol. The molecule has 0 saturated heterocycles. The summed E-state index contributed by atoms with van der Waals surface area (Å²) in [4.78, 5) is 12.5. The average molecular weight is 483 g/mol. The van der Waals surface area contributed by atoms with Gasteiger partial charge in [-0.3, -0.25) is 4.79 Å². The third kappa shape index (κ3) is 4.94. The van der Waals surface area contributed by atoms with Crippen LogP contribution < -0.4 is 0 Å². The molecule has 198 valence electrons. The summed E-state index contributed by atoms with van der Waals surface area (Å²) < 4.78 is 5.98. The van der Waals surface area contributed by atoms with E-state index in [1.807, 2.05) is 20.8 Å². The third-order valence-electron chi connectivity index (χ3n) is 11.4. The SMILES string of the molecule is CC(C)[C@H](C)/C=C/[C@@H](C)[C@H]1CC[C@H]2[C@@H]3CC=C4CC(OC(=O)C(C)(C)C)CC[C@]4(C)[C@H]3CC[C@]12C. The summed E-state index contributed by atoms with van der Waals surface area (Å²) in [7, 11) is 0. The van der Waals surface area contributed by atoms with Crippen LogP contribution in [-0.2, 0) is 9.53 Å².